The number of nitrogens with zero attached hydrogens (tertiary/aromatic N) is 2. The summed E-state index contributed by atoms with van der Waals surface area (Å²) in [5.41, 5.74) is 8.65. The van der Waals surface area contributed by atoms with Gasteiger partial charge in [-0.05, 0) is 24.6 Å². The lowest BCUT2D eigenvalue weighted by atomic mass is 10.2. The number of aryl methyl sites for hydroxylation is 2. The number of nitrogen functional groups attached to an aromatic ring is 1. The minimum absolute atomic E-state index is 0.700. The Labute approximate surface area is 107 Å². The van der Waals surface area contributed by atoms with E-state index in [1.807, 2.05) is 38.2 Å². The molecule has 1 aromatic carbocycles. The smallest absolute Gasteiger partial charge is 0.148 e. The topological polar surface area (TPSA) is 65.1 Å². The van der Waals surface area contributed by atoms with E-state index in [-0.39, 0.29) is 0 Å². The van der Waals surface area contributed by atoms with Crippen molar-refractivity contribution in [3.05, 3.63) is 35.5 Å². The monoisotopic (exact) mass is 246 g/mol. The highest BCUT2D eigenvalue weighted by Crippen LogP contribution is 2.21. The first-order valence-electron chi connectivity index (χ1n) is 5.77. The van der Waals surface area contributed by atoms with Crippen molar-refractivity contribution in [2.24, 2.45) is 7.05 Å². The van der Waals surface area contributed by atoms with Crippen LogP contribution in [0.25, 0.3) is 0 Å². The van der Waals surface area contributed by atoms with Gasteiger partial charge in [0.2, 0.25) is 0 Å². The minimum atomic E-state index is 0.700. The number of methoxy groups -OCH3 is 1. The predicted molar refractivity (Wildman–Crippen MR) is 72.7 cm³/mol. The summed E-state index contributed by atoms with van der Waals surface area (Å²) in [5, 5.41) is 7.55. The zero-order valence-corrected chi connectivity index (χ0v) is 10.9. The maximum absolute atomic E-state index is 5.95. The van der Waals surface area contributed by atoms with Crippen molar-refractivity contribution in [2.75, 3.05) is 18.2 Å². The van der Waals surface area contributed by atoms with Crippen LogP contribution in [0.5, 0.6) is 5.75 Å². The van der Waals surface area contributed by atoms with Gasteiger partial charge in [-0.25, -0.2) is 0 Å². The summed E-state index contributed by atoms with van der Waals surface area (Å²) < 4.78 is 6.88. The zero-order valence-electron chi connectivity index (χ0n) is 10.9. The van der Waals surface area contributed by atoms with Gasteiger partial charge in [-0.2, -0.15) is 5.10 Å². The van der Waals surface area contributed by atoms with Crippen molar-refractivity contribution in [1.82, 2.24) is 9.78 Å². The number of nitrogens with two attached hydrogens (primary N) is 1. The van der Waals surface area contributed by atoms with Crippen molar-refractivity contribution in [2.45, 2.75) is 13.5 Å². The highest BCUT2D eigenvalue weighted by atomic mass is 16.5. The highest BCUT2D eigenvalue weighted by Gasteiger charge is 2.08. The molecule has 2 aromatic rings. The third-order valence-corrected chi connectivity index (χ3v) is 2.89. The summed E-state index contributed by atoms with van der Waals surface area (Å²) in [6.45, 7) is 2.60. The van der Waals surface area contributed by atoms with Gasteiger partial charge in [0.1, 0.15) is 11.6 Å². The van der Waals surface area contributed by atoms with Crippen LogP contribution in [-0.4, -0.2) is 16.9 Å². The quantitative estimate of drug-likeness (QED) is 0.865. The van der Waals surface area contributed by atoms with Crippen LogP contribution in [0.3, 0.4) is 0 Å². The molecule has 1 aromatic heterocycles. The first kappa shape index (κ1) is 12.3. The average Bonchev–Trinajstić information content (AvgIpc) is 2.62. The second kappa shape index (κ2) is 5.00. The van der Waals surface area contributed by atoms with Gasteiger partial charge in [0.15, 0.2) is 0 Å². The van der Waals surface area contributed by atoms with E-state index < -0.39 is 0 Å². The van der Waals surface area contributed by atoms with Gasteiger partial charge in [0.25, 0.3) is 0 Å². The van der Waals surface area contributed by atoms with Gasteiger partial charge >= 0.3 is 0 Å². The summed E-state index contributed by atoms with van der Waals surface area (Å²) >= 11 is 0. The lowest BCUT2D eigenvalue weighted by Gasteiger charge is -2.08. The SMILES string of the molecule is COc1ccc(CNc2c(N)c(C)nn2C)cc1. The fraction of sp³-hybridized carbons (Fsp3) is 0.308. The Hall–Kier alpha value is -2.17. The highest BCUT2D eigenvalue weighted by molar-refractivity contribution is 5.64. The number of nitrogens with one attached hydrogen (secondary N) is 1. The van der Waals surface area contributed by atoms with Gasteiger partial charge in [-0.3, -0.25) is 4.68 Å². The lowest BCUT2D eigenvalue weighted by Crippen LogP contribution is -2.06. The number of hydrogen-bond acceptors (Lipinski definition) is 4. The van der Waals surface area contributed by atoms with Crippen LogP contribution in [0.1, 0.15) is 11.3 Å². The van der Waals surface area contributed by atoms with E-state index in [2.05, 4.69) is 10.4 Å². The Bertz CT molecular complexity index is 531. The summed E-state index contributed by atoms with van der Waals surface area (Å²) in [6, 6.07) is 7.92. The van der Waals surface area contributed by atoms with E-state index in [1.54, 1.807) is 11.8 Å². The zero-order chi connectivity index (χ0) is 13.1. The number of hydrogen-bond donors (Lipinski definition) is 2. The molecule has 1 heterocycles. The maximum Gasteiger partial charge on any atom is 0.148 e. The normalized spacial score (nSPS) is 10.4. The molecule has 5 nitrogen and oxygen atoms in total. The molecule has 96 valence electrons. The Morgan fingerprint density at radius 1 is 1.33 bits per heavy atom. The molecular formula is C13H18N4O. The van der Waals surface area contributed by atoms with Gasteiger partial charge in [0.05, 0.1) is 18.5 Å². The van der Waals surface area contributed by atoms with Crippen LogP contribution in [0.2, 0.25) is 0 Å². The number of aromatic nitrogens is 2. The summed E-state index contributed by atoms with van der Waals surface area (Å²) in [6.07, 6.45) is 0. The molecule has 5 heteroatoms. The van der Waals surface area contributed by atoms with Crippen molar-refractivity contribution < 1.29 is 4.74 Å². The molecule has 0 aliphatic heterocycles. The third-order valence-electron chi connectivity index (χ3n) is 2.89. The predicted octanol–water partition coefficient (Wildman–Crippen LogP) is 1.93. The largest absolute Gasteiger partial charge is 0.497 e. The van der Waals surface area contributed by atoms with E-state index in [1.165, 1.54) is 0 Å². The standard InChI is InChI=1S/C13H18N4O/c1-9-12(14)13(17(2)16-9)15-8-10-4-6-11(18-3)7-5-10/h4-7,15H,8,14H2,1-3H3. The molecule has 18 heavy (non-hydrogen) atoms. The van der Waals surface area contributed by atoms with E-state index in [0.29, 0.717) is 12.2 Å². The number of anilines is 2. The van der Waals surface area contributed by atoms with E-state index in [4.69, 9.17) is 10.5 Å². The average molecular weight is 246 g/mol. The fourth-order valence-electron chi connectivity index (χ4n) is 1.81. The van der Waals surface area contributed by atoms with E-state index >= 15 is 0 Å². The van der Waals surface area contributed by atoms with Crippen molar-refractivity contribution in [3.8, 4) is 5.75 Å². The number of benzene rings is 1. The van der Waals surface area contributed by atoms with Crippen molar-refractivity contribution in [3.63, 3.8) is 0 Å². The van der Waals surface area contributed by atoms with Gasteiger partial charge in [-0.1, -0.05) is 12.1 Å². The van der Waals surface area contributed by atoms with Crippen molar-refractivity contribution >= 4 is 11.5 Å². The van der Waals surface area contributed by atoms with Gasteiger partial charge in [0, 0.05) is 13.6 Å². The molecule has 2 rings (SSSR count). The fourth-order valence-corrected chi connectivity index (χ4v) is 1.81. The van der Waals surface area contributed by atoms with Crippen molar-refractivity contribution in [1.29, 1.82) is 0 Å². The van der Waals surface area contributed by atoms with Crippen LogP contribution in [0.4, 0.5) is 11.5 Å². The Balaban J connectivity index is 2.06. The van der Waals surface area contributed by atoms with Crippen LogP contribution in [0.15, 0.2) is 24.3 Å². The van der Waals surface area contributed by atoms with Crippen LogP contribution in [0, 0.1) is 6.92 Å². The molecule has 0 aliphatic rings. The summed E-state index contributed by atoms with van der Waals surface area (Å²) in [4.78, 5) is 0. The number of rotatable bonds is 4. The molecular weight excluding hydrogens is 228 g/mol. The Kier molecular flexibility index (Phi) is 3.41. The van der Waals surface area contributed by atoms with Crippen LogP contribution in [-0.2, 0) is 13.6 Å². The molecule has 0 aliphatic carbocycles. The molecule has 0 bridgehead atoms. The minimum Gasteiger partial charge on any atom is -0.497 e. The first-order chi connectivity index (χ1) is 8.61. The molecule has 0 unspecified atom stereocenters. The van der Waals surface area contributed by atoms with Crippen LogP contribution < -0.4 is 15.8 Å². The summed E-state index contributed by atoms with van der Waals surface area (Å²) in [7, 11) is 3.53. The Morgan fingerprint density at radius 3 is 2.50 bits per heavy atom. The third kappa shape index (κ3) is 2.40. The van der Waals surface area contributed by atoms with E-state index in [0.717, 1.165) is 22.8 Å². The molecule has 0 saturated heterocycles. The van der Waals surface area contributed by atoms with Gasteiger partial charge in [-0.15, -0.1) is 0 Å². The summed E-state index contributed by atoms with van der Waals surface area (Å²) in [5.74, 6) is 1.71. The molecule has 0 atom stereocenters. The number of ether oxygens (including phenoxy) is 1. The molecule has 3 N–H and O–H groups in total. The van der Waals surface area contributed by atoms with Crippen LogP contribution >= 0.6 is 0 Å². The second-order valence-electron chi connectivity index (χ2n) is 4.17. The molecule has 0 radical (unpaired) electrons. The molecule has 0 fully saturated rings. The molecule has 0 spiro atoms. The lowest BCUT2D eigenvalue weighted by molar-refractivity contribution is 0.414. The second-order valence-corrected chi connectivity index (χ2v) is 4.17. The molecule has 0 saturated carbocycles. The maximum atomic E-state index is 5.95. The Morgan fingerprint density at radius 2 is 2.00 bits per heavy atom. The first-order valence-corrected chi connectivity index (χ1v) is 5.77. The van der Waals surface area contributed by atoms with Gasteiger partial charge < -0.3 is 15.8 Å². The molecule has 0 amide bonds. The van der Waals surface area contributed by atoms with E-state index in [9.17, 15) is 0 Å².